The molecule has 5 rings (SSSR count). The van der Waals surface area contributed by atoms with Crippen LogP contribution in [0.5, 0.6) is 5.75 Å². The first kappa shape index (κ1) is 23.6. The van der Waals surface area contributed by atoms with Crippen molar-refractivity contribution in [1.82, 2.24) is 14.6 Å². The Morgan fingerprint density at radius 3 is 2.46 bits per heavy atom. The lowest BCUT2D eigenvalue weighted by Crippen LogP contribution is -2.64. The predicted molar refractivity (Wildman–Crippen MR) is 129 cm³/mol. The number of rotatable bonds is 6. The third-order valence-corrected chi connectivity index (χ3v) is 6.91. The molecule has 3 aliphatic heterocycles. The average molecular weight is 469 g/mol. The zero-order valence-electron chi connectivity index (χ0n) is 19.4. The molecule has 35 heavy (non-hydrogen) atoms. The van der Waals surface area contributed by atoms with Crippen molar-refractivity contribution in [3.63, 3.8) is 0 Å². The second kappa shape index (κ2) is 9.51. The van der Waals surface area contributed by atoms with Crippen molar-refractivity contribution in [1.29, 1.82) is 0 Å². The summed E-state index contributed by atoms with van der Waals surface area (Å²) in [7, 11) is 12.0. The van der Waals surface area contributed by atoms with E-state index in [0.29, 0.717) is 28.3 Å². The van der Waals surface area contributed by atoms with Gasteiger partial charge in [0.05, 0.1) is 25.2 Å². The average Bonchev–Trinajstić information content (AvgIpc) is 3.23. The Bertz CT molecular complexity index is 1150. The molecule has 0 aromatic heterocycles. The molecule has 3 aliphatic rings. The number of benzene rings is 2. The van der Waals surface area contributed by atoms with E-state index in [1.807, 2.05) is 12.1 Å². The van der Waals surface area contributed by atoms with Crippen molar-refractivity contribution in [2.24, 2.45) is 0 Å². The van der Waals surface area contributed by atoms with Gasteiger partial charge in [0, 0.05) is 37.2 Å². The number of imide groups is 1. The van der Waals surface area contributed by atoms with Crippen molar-refractivity contribution in [2.45, 2.75) is 38.0 Å². The Morgan fingerprint density at radius 1 is 1.00 bits per heavy atom. The van der Waals surface area contributed by atoms with Gasteiger partial charge in [-0.15, -0.1) is 0 Å². The molecule has 10 heteroatoms. The maximum absolute atomic E-state index is 13.1. The molecule has 3 amide bonds. The molecule has 2 aromatic carbocycles. The van der Waals surface area contributed by atoms with E-state index in [4.69, 9.17) is 25.3 Å². The summed E-state index contributed by atoms with van der Waals surface area (Å²) >= 11 is 0. The fourth-order valence-corrected chi connectivity index (χ4v) is 4.78. The standard InChI is InChI=1S/C25H25B2N3O5/c26-25(9-8-22(31)30(27)24(25)33)29-15-20-19(23(29)32)2-1-3-21(20)35-16-18-6-4-17(5-7-18)14-28-10-12-34-13-11-28/h1-7H,8-16H2. The lowest BCUT2D eigenvalue weighted by atomic mass is 9.68. The van der Waals surface area contributed by atoms with Crippen molar-refractivity contribution in [3.05, 3.63) is 64.7 Å². The number of morpholine rings is 1. The topological polar surface area (TPSA) is 79.4 Å². The van der Waals surface area contributed by atoms with E-state index in [2.05, 4.69) is 17.0 Å². The fraction of sp³-hybridized carbons (Fsp3) is 0.400. The Morgan fingerprint density at radius 2 is 1.71 bits per heavy atom. The van der Waals surface area contributed by atoms with Gasteiger partial charge in [0.2, 0.25) is 19.8 Å². The van der Waals surface area contributed by atoms with E-state index >= 15 is 0 Å². The van der Waals surface area contributed by atoms with Gasteiger partial charge in [-0.1, -0.05) is 30.3 Å². The first-order valence-electron chi connectivity index (χ1n) is 11.7. The van der Waals surface area contributed by atoms with Crippen molar-refractivity contribution < 1.29 is 23.9 Å². The number of hydrogen-bond donors (Lipinski definition) is 0. The monoisotopic (exact) mass is 469 g/mol. The number of fused-ring (bicyclic) bond motifs is 1. The number of amides is 3. The second-order valence-corrected chi connectivity index (χ2v) is 9.16. The highest BCUT2D eigenvalue weighted by molar-refractivity contribution is 6.38. The van der Waals surface area contributed by atoms with Gasteiger partial charge in [0.25, 0.3) is 5.91 Å². The summed E-state index contributed by atoms with van der Waals surface area (Å²) in [5.74, 6) is -1.12. The van der Waals surface area contributed by atoms with Gasteiger partial charge >= 0.3 is 0 Å². The summed E-state index contributed by atoms with van der Waals surface area (Å²) in [6.07, 6.45) is 0.00877. The highest BCUT2D eigenvalue weighted by Gasteiger charge is 2.50. The third kappa shape index (κ3) is 4.48. The number of carbonyl (C=O) groups excluding carboxylic acids is 3. The van der Waals surface area contributed by atoms with Crippen LogP contribution in [0.15, 0.2) is 42.5 Å². The molecule has 0 spiro atoms. The molecule has 0 bridgehead atoms. The van der Waals surface area contributed by atoms with Crippen LogP contribution < -0.4 is 4.74 Å². The van der Waals surface area contributed by atoms with E-state index in [1.165, 1.54) is 10.5 Å². The summed E-state index contributed by atoms with van der Waals surface area (Å²) in [6, 6.07) is 13.5. The Balaban J connectivity index is 1.27. The van der Waals surface area contributed by atoms with E-state index in [-0.39, 0.29) is 25.3 Å². The Labute approximate surface area is 207 Å². The quantitative estimate of drug-likeness (QED) is 0.467. The highest BCUT2D eigenvalue weighted by atomic mass is 16.5. The third-order valence-electron chi connectivity index (χ3n) is 6.91. The molecular weight excluding hydrogens is 444 g/mol. The van der Waals surface area contributed by atoms with Gasteiger partial charge in [-0.2, -0.15) is 0 Å². The van der Waals surface area contributed by atoms with Crippen LogP contribution in [0.25, 0.3) is 0 Å². The Hall–Kier alpha value is -3.10. The minimum Gasteiger partial charge on any atom is -0.489 e. The number of ether oxygens (including phenoxy) is 2. The van der Waals surface area contributed by atoms with Crippen LogP contribution in [-0.4, -0.2) is 79.9 Å². The molecule has 2 aromatic rings. The molecule has 0 saturated carbocycles. The summed E-state index contributed by atoms with van der Waals surface area (Å²) in [5, 5.41) is 0. The fourth-order valence-electron chi connectivity index (χ4n) is 4.78. The lowest BCUT2D eigenvalue weighted by Gasteiger charge is -2.43. The van der Waals surface area contributed by atoms with Gasteiger partial charge in [-0.05, 0) is 29.7 Å². The zero-order chi connectivity index (χ0) is 24.6. The van der Waals surface area contributed by atoms with Crippen LogP contribution >= 0.6 is 0 Å². The summed E-state index contributed by atoms with van der Waals surface area (Å²) in [5.41, 5.74) is 1.66. The van der Waals surface area contributed by atoms with Gasteiger partial charge in [0.1, 0.15) is 20.2 Å². The van der Waals surface area contributed by atoms with E-state index in [0.717, 1.165) is 38.4 Å². The zero-order valence-corrected chi connectivity index (χ0v) is 19.4. The molecule has 3 heterocycles. The molecular formula is C25H25B2N3O5. The maximum Gasteiger partial charge on any atom is 0.254 e. The van der Waals surface area contributed by atoms with Crippen molar-refractivity contribution in [2.75, 3.05) is 26.3 Å². The number of hydrogen-bond acceptors (Lipinski definition) is 6. The molecule has 0 aliphatic carbocycles. The van der Waals surface area contributed by atoms with Crippen LogP contribution in [0, 0.1) is 0 Å². The van der Waals surface area contributed by atoms with Gasteiger partial charge in [-0.3, -0.25) is 19.3 Å². The molecule has 1 atom stereocenters. The Kier molecular flexibility index (Phi) is 6.42. The molecule has 2 fully saturated rings. The maximum atomic E-state index is 13.1. The molecule has 4 radical (unpaired) electrons. The minimum atomic E-state index is -1.67. The molecule has 1 unspecified atom stereocenters. The first-order valence-corrected chi connectivity index (χ1v) is 11.7. The normalized spacial score (nSPS) is 23.0. The summed E-state index contributed by atoms with van der Waals surface area (Å²) < 4.78 is 11.5. The number of nitrogens with zero attached hydrogens (tertiary/aromatic N) is 3. The van der Waals surface area contributed by atoms with E-state index in [9.17, 15) is 14.4 Å². The molecule has 2 saturated heterocycles. The summed E-state index contributed by atoms with van der Waals surface area (Å²) in [4.78, 5) is 41.8. The SMILES string of the molecule is [B]N1C(=O)CCC([B])(N2Cc3c(OCc4ccc(CN5CCOCC5)cc4)cccc3C2=O)C1=O. The van der Waals surface area contributed by atoms with Crippen molar-refractivity contribution in [3.8, 4) is 5.75 Å². The molecule has 0 N–H and O–H groups in total. The molecule has 8 nitrogen and oxygen atoms in total. The van der Waals surface area contributed by atoms with Crippen molar-refractivity contribution >= 4 is 33.5 Å². The first-order chi connectivity index (χ1) is 16.9. The largest absolute Gasteiger partial charge is 0.489 e. The predicted octanol–water partition coefficient (Wildman–Crippen LogP) is 1.15. The number of carbonyl (C=O) groups is 3. The molecule has 176 valence electrons. The van der Waals surface area contributed by atoms with E-state index < -0.39 is 17.3 Å². The lowest BCUT2D eigenvalue weighted by molar-refractivity contribution is -0.147. The van der Waals surface area contributed by atoms with Crippen LogP contribution in [0.1, 0.15) is 39.9 Å². The smallest absolute Gasteiger partial charge is 0.254 e. The number of piperidine rings is 1. The van der Waals surface area contributed by atoms with Crippen LogP contribution in [0.4, 0.5) is 0 Å². The van der Waals surface area contributed by atoms with E-state index in [1.54, 1.807) is 18.2 Å². The van der Waals surface area contributed by atoms with Gasteiger partial charge in [0.15, 0.2) is 0 Å². The van der Waals surface area contributed by atoms with Gasteiger partial charge < -0.3 is 19.2 Å². The highest BCUT2D eigenvalue weighted by Crippen LogP contribution is 2.38. The second-order valence-electron chi connectivity index (χ2n) is 9.16. The van der Waals surface area contributed by atoms with Crippen LogP contribution in [0.2, 0.25) is 0 Å². The minimum absolute atomic E-state index is 0.0102. The van der Waals surface area contributed by atoms with Gasteiger partial charge in [-0.25, -0.2) is 0 Å². The summed E-state index contributed by atoms with van der Waals surface area (Å²) in [6.45, 7) is 4.75. The van der Waals surface area contributed by atoms with Crippen LogP contribution in [0.3, 0.4) is 0 Å². The van der Waals surface area contributed by atoms with Crippen LogP contribution in [-0.2, 0) is 34.0 Å².